The van der Waals surface area contributed by atoms with Gasteiger partial charge in [-0.25, -0.2) is 0 Å². The van der Waals surface area contributed by atoms with Crippen LogP contribution in [0.5, 0.6) is 5.75 Å². The van der Waals surface area contributed by atoms with Crippen LogP contribution in [-0.2, 0) is 0 Å². The van der Waals surface area contributed by atoms with Crippen LogP contribution in [-0.4, -0.2) is 37.3 Å². The zero-order valence-corrected chi connectivity index (χ0v) is 10.7. The van der Waals surface area contributed by atoms with Gasteiger partial charge in [0.25, 0.3) is 5.91 Å². The van der Waals surface area contributed by atoms with E-state index in [0.717, 1.165) is 11.9 Å². The molecule has 0 aliphatic carbocycles. The first-order valence-corrected chi connectivity index (χ1v) is 5.68. The van der Waals surface area contributed by atoms with Crippen LogP contribution >= 0.6 is 11.9 Å². The van der Waals surface area contributed by atoms with Gasteiger partial charge in [0, 0.05) is 19.7 Å². The minimum Gasteiger partial charge on any atom is -0.497 e. The van der Waals surface area contributed by atoms with E-state index in [2.05, 4.69) is 4.72 Å². The van der Waals surface area contributed by atoms with Gasteiger partial charge in [-0.3, -0.25) is 14.3 Å². The standard InChI is InChI=1S/C11H14N2O3S/c1-13(2)11(15)17-12-10(14)8-4-6-9(16-3)7-5-8/h4-7H,1-3H3,(H,12,14). The quantitative estimate of drug-likeness (QED) is 0.817. The molecular formula is C11H14N2O3S. The van der Waals surface area contributed by atoms with Gasteiger partial charge in [0.1, 0.15) is 5.75 Å². The van der Waals surface area contributed by atoms with Gasteiger partial charge >= 0.3 is 5.24 Å². The van der Waals surface area contributed by atoms with Crippen molar-refractivity contribution in [3.8, 4) is 5.75 Å². The number of methoxy groups -OCH3 is 1. The van der Waals surface area contributed by atoms with Gasteiger partial charge < -0.3 is 9.64 Å². The van der Waals surface area contributed by atoms with Crippen molar-refractivity contribution in [2.45, 2.75) is 0 Å². The van der Waals surface area contributed by atoms with E-state index in [9.17, 15) is 9.59 Å². The Kier molecular flexibility index (Phi) is 4.84. The first-order chi connectivity index (χ1) is 8.04. The number of amides is 2. The molecular weight excluding hydrogens is 240 g/mol. The van der Waals surface area contributed by atoms with Crippen molar-refractivity contribution >= 4 is 23.1 Å². The molecule has 1 N–H and O–H groups in total. The van der Waals surface area contributed by atoms with Gasteiger partial charge in [-0.1, -0.05) is 0 Å². The van der Waals surface area contributed by atoms with Crippen molar-refractivity contribution in [3.05, 3.63) is 29.8 Å². The molecule has 0 spiro atoms. The Morgan fingerprint density at radius 2 is 1.82 bits per heavy atom. The van der Waals surface area contributed by atoms with Crippen LogP contribution in [0, 0.1) is 0 Å². The minimum absolute atomic E-state index is 0.230. The van der Waals surface area contributed by atoms with Crippen molar-refractivity contribution < 1.29 is 14.3 Å². The zero-order chi connectivity index (χ0) is 12.8. The molecule has 0 radical (unpaired) electrons. The monoisotopic (exact) mass is 254 g/mol. The largest absolute Gasteiger partial charge is 0.497 e. The normalized spacial score (nSPS) is 9.59. The Labute approximate surface area is 104 Å². The molecule has 0 unspecified atom stereocenters. The summed E-state index contributed by atoms with van der Waals surface area (Å²) in [5, 5.41) is -0.230. The summed E-state index contributed by atoms with van der Waals surface area (Å²) in [4.78, 5) is 24.2. The second-order valence-corrected chi connectivity index (χ2v) is 4.18. The minimum atomic E-state index is -0.312. The van der Waals surface area contributed by atoms with Crippen LogP contribution in [0.1, 0.15) is 10.4 Å². The molecule has 6 heteroatoms. The average Bonchev–Trinajstić information content (AvgIpc) is 2.35. The van der Waals surface area contributed by atoms with E-state index < -0.39 is 0 Å². The lowest BCUT2D eigenvalue weighted by Gasteiger charge is -2.09. The molecule has 17 heavy (non-hydrogen) atoms. The second kappa shape index (κ2) is 6.15. The molecule has 1 aromatic carbocycles. The number of ether oxygens (including phenoxy) is 1. The summed E-state index contributed by atoms with van der Waals surface area (Å²) in [6, 6.07) is 6.64. The van der Waals surface area contributed by atoms with Crippen LogP contribution in [0.3, 0.4) is 0 Å². The smallest absolute Gasteiger partial charge is 0.301 e. The Bertz CT molecular complexity index is 404. The number of carbonyl (C=O) groups is 2. The first-order valence-electron chi connectivity index (χ1n) is 4.87. The van der Waals surface area contributed by atoms with E-state index in [-0.39, 0.29) is 11.1 Å². The topological polar surface area (TPSA) is 58.6 Å². The molecule has 0 fully saturated rings. The summed E-state index contributed by atoms with van der Waals surface area (Å²) in [7, 11) is 4.80. The molecule has 2 amide bonds. The molecule has 0 aromatic heterocycles. The predicted octanol–water partition coefficient (Wildman–Crippen LogP) is 1.75. The summed E-state index contributed by atoms with van der Waals surface area (Å²) >= 11 is 0.754. The Morgan fingerprint density at radius 3 is 2.29 bits per heavy atom. The third kappa shape index (κ3) is 3.99. The molecule has 0 aliphatic heterocycles. The Balaban J connectivity index is 2.55. The van der Waals surface area contributed by atoms with Gasteiger partial charge in [0.15, 0.2) is 0 Å². The van der Waals surface area contributed by atoms with E-state index in [4.69, 9.17) is 4.74 Å². The van der Waals surface area contributed by atoms with E-state index in [1.807, 2.05) is 0 Å². The van der Waals surface area contributed by atoms with E-state index >= 15 is 0 Å². The van der Waals surface area contributed by atoms with E-state index in [1.54, 1.807) is 45.5 Å². The molecule has 0 bridgehead atoms. The van der Waals surface area contributed by atoms with E-state index in [1.165, 1.54) is 4.90 Å². The second-order valence-electron chi connectivity index (χ2n) is 3.42. The molecule has 0 heterocycles. The molecule has 5 nitrogen and oxygen atoms in total. The van der Waals surface area contributed by atoms with Crippen LogP contribution in [0.2, 0.25) is 0 Å². The zero-order valence-electron chi connectivity index (χ0n) is 9.89. The summed E-state index contributed by atoms with van der Waals surface area (Å²) in [6.07, 6.45) is 0. The van der Waals surface area contributed by atoms with Gasteiger partial charge in [0.2, 0.25) is 0 Å². The number of nitrogens with zero attached hydrogens (tertiary/aromatic N) is 1. The predicted molar refractivity (Wildman–Crippen MR) is 67.1 cm³/mol. The van der Waals surface area contributed by atoms with Crippen molar-refractivity contribution in [2.75, 3.05) is 21.2 Å². The number of nitrogens with one attached hydrogen (secondary N) is 1. The lowest BCUT2D eigenvalue weighted by atomic mass is 10.2. The SMILES string of the molecule is COc1ccc(C(=O)NSC(=O)N(C)C)cc1. The van der Waals surface area contributed by atoms with Gasteiger partial charge in [-0.05, 0) is 24.3 Å². The molecule has 0 saturated carbocycles. The third-order valence-corrected chi connectivity index (χ3v) is 2.78. The highest BCUT2D eigenvalue weighted by atomic mass is 32.2. The number of rotatable bonds is 2. The summed E-state index contributed by atoms with van der Waals surface area (Å²) in [5.41, 5.74) is 0.477. The lowest BCUT2D eigenvalue weighted by Crippen LogP contribution is -2.24. The third-order valence-electron chi connectivity index (χ3n) is 1.95. The highest BCUT2D eigenvalue weighted by molar-refractivity contribution is 8.12. The fraction of sp³-hybridized carbons (Fsp3) is 0.273. The molecule has 92 valence electrons. The highest BCUT2D eigenvalue weighted by Gasteiger charge is 2.10. The van der Waals surface area contributed by atoms with Crippen LogP contribution in [0.4, 0.5) is 4.79 Å². The lowest BCUT2D eigenvalue weighted by molar-refractivity contribution is 0.0984. The fourth-order valence-corrected chi connectivity index (χ4v) is 1.46. The summed E-state index contributed by atoms with van der Waals surface area (Å²) < 4.78 is 7.44. The maximum Gasteiger partial charge on any atom is 0.301 e. The Hall–Kier alpha value is -1.69. The van der Waals surface area contributed by atoms with Crippen LogP contribution < -0.4 is 9.46 Å². The molecule has 1 rings (SSSR count). The van der Waals surface area contributed by atoms with Crippen molar-refractivity contribution in [1.82, 2.24) is 9.62 Å². The molecule has 0 aliphatic rings. The fourth-order valence-electron chi connectivity index (χ4n) is 0.983. The van der Waals surface area contributed by atoms with E-state index in [0.29, 0.717) is 11.3 Å². The highest BCUT2D eigenvalue weighted by Crippen LogP contribution is 2.12. The number of carbonyl (C=O) groups excluding carboxylic acids is 2. The van der Waals surface area contributed by atoms with Crippen LogP contribution in [0.25, 0.3) is 0 Å². The molecule has 1 aromatic rings. The number of benzene rings is 1. The first kappa shape index (κ1) is 13.4. The number of hydrogen-bond donors (Lipinski definition) is 1. The maximum atomic E-state index is 11.6. The molecule has 0 saturated heterocycles. The van der Waals surface area contributed by atoms with Crippen LogP contribution in [0.15, 0.2) is 24.3 Å². The summed E-state index contributed by atoms with van der Waals surface area (Å²) in [6.45, 7) is 0. The van der Waals surface area contributed by atoms with Gasteiger partial charge in [-0.2, -0.15) is 0 Å². The van der Waals surface area contributed by atoms with Gasteiger partial charge in [-0.15, -0.1) is 0 Å². The van der Waals surface area contributed by atoms with Crippen molar-refractivity contribution in [1.29, 1.82) is 0 Å². The summed E-state index contributed by atoms with van der Waals surface area (Å²) in [5.74, 6) is 0.367. The number of hydrogen-bond acceptors (Lipinski definition) is 4. The average molecular weight is 254 g/mol. The van der Waals surface area contributed by atoms with Crippen molar-refractivity contribution in [2.24, 2.45) is 0 Å². The van der Waals surface area contributed by atoms with Crippen molar-refractivity contribution in [3.63, 3.8) is 0 Å². The Morgan fingerprint density at radius 1 is 1.24 bits per heavy atom. The molecule has 0 atom stereocenters. The maximum absolute atomic E-state index is 11.6. The van der Waals surface area contributed by atoms with Gasteiger partial charge in [0.05, 0.1) is 19.1 Å².